The van der Waals surface area contributed by atoms with Gasteiger partial charge in [-0.1, -0.05) is 6.92 Å². The van der Waals surface area contributed by atoms with E-state index in [9.17, 15) is 13.2 Å². The van der Waals surface area contributed by atoms with Crippen LogP contribution in [0, 0.1) is 0 Å². The molecule has 1 amide bonds. The van der Waals surface area contributed by atoms with Gasteiger partial charge in [-0.25, -0.2) is 18.1 Å². The number of benzene rings is 1. The Labute approximate surface area is 120 Å². The molecule has 1 aromatic heterocycles. The molecule has 2 aromatic rings. The van der Waals surface area contributed by atoms with Crippen molar-refractivity contribution in [3.63, 3.8) is 0 Å². The second kappa shape index (κ2) is 6.12. The number of carbonyl (C=O) groups excluding carboxylic acids is 1. The van der Waals surface area contributed by atoms with Gasteiger partial charge in [-0.2, -0.15) is 0 Å². The van der Waals surface area contributed by atoms with E-state index in [2.05, 4.69) is 15.0 Å². The third-order valence-corrected chi connectivity index (χ3v) is 4.57. The van der Waals surface area contributed by atoms with Crippen LogP contribution >= 0.6 is 11.3 Å². The number of hydrogen-bond acceptors (Lipinski definition) is 5. The number of hydrogen-bond donors (Lipinski definition) is 2. The van der Waals surface area contributed by atoms with Crippen LogP contribution in [0.15, 0.2) is 40.1 Å². The normalized spacial score (nSPS) is 11.2. The number of carbonyl (C=O) groups is 1. The van der Waals surface area contributed by atoms with Crippen LogP contribution in [-0.2, 0) is 10.0 Å². The minimum absolute atomic E-state index is 0.158. The van der Waals surface area contributed by atoms with Crippen LogP contribution in [-0.4, -0.2) is 25.9 Å². The summed E-state index contributed by atoms with van der Waals surface area (Å²) in [6.45, 7) is 2.03. The Hall–Kier alpha value is -1.77. The largest absolute Gasteiger partial charge is 0.321 e. The Bertz CT molecular complexity index is 679. The summed E-state index contributed by atoms with van der Waals surface area (Å²) in [6.07, 6.45) is 0. The molecule has 20 heavy (non-hydrogen) atoms. The van der Waals surface area contributed by atoms with Gasteiger partial charge < -0.3 is 5.32 Å². The fourth-order valence-electron chi connectivity index (χ4n) is 1.51. The fourth-order valence-corrected chi connectivity index (χ4v) is 3.08. The van der Waals surface area contributed by atoms with Crippen LogP contribution in [0.5, 0.6) is 0 Å². The molecule has 1 heterocycles. The van der Waals surface area contributed by atoms with Crippen LogP contribution in [0.25, 0.3) is 0 Å². The molecule has 106 valence electrons. The molecule has 1 aromatic carbocycles. The third-order valence-electron chi connectivity index (χ3n) is 2.42. The number of amides is 1. The fraction of sp³-hybridized carbons (Fsp3) is 0.167. The first kappa shape index (κ1) is 14.6. The van der Waals surface area contributed by atoms with Crippen molar-refractivity contribution in [3.05, 3.63) is 40.8 Å². The molecular weight excluding hydrogens is 298 g/mol. The zero-order valence-corrected chi connectivity index (χ0v) is 12.3. The summed E-state index contributed by atoms with van der Waals surface area (Å²) in [7, 11) is -3.47. The van der Waals surface area contributed by atoms with Gasteiger partial charge in [0.05, 0.1) is 10.4 Å². The van der Waals surface area contributed by atoms with Crippen molar-refractivity contribution in [3.8, 4) is 0 Å². The summed E-state index contributed by atoms with van der Waals surface area (Å²) in [6, 6.07) is 5.95. The molecule has 0 aliphatic carbocycles. The van der Waals surface area contributed by atoms with E-state index in [1.165, 1.54) is 35.6 Å². The van der Waals surface area contributed by atoms with Crippen molar-refractivity contribution >= 4 is 33.0 Å². The second-order valence-corrected chi connectivity index (χ2v) is 6.34. The third kappa shape index (κ3) is 3.41. The Morgan fingerprint density at radius 3 is 2.55 bits per heavy atom. The number of nitrogens with zero attached hydrogens (tertiary/aromatic N) is 1. The highest BCUT2D eigenvalue weighted by atomic mass is 32.2. The van der Waals surface area contributed by atoms with Gasteiger partial charge in [0.25, 0.3) is 5.91 Å². The Balaban J connectivity index is 2.11. The van der Waals surface area contributed by atoms with E-state index < -0.39 is 10.0 Å². The van der Waals surface area contributed by atoms with Crippen molar-refractivity contribution in [2.75, 3.05) is 11.9 Å². The maximum Gasteiger partial charge on any atom is 0.275 e. The van der Waals surface area contributed by atoms with Crippen molar-refractivity contribution in [2.45, 2.75) is 11.8 Å². The highest BCUT2D eigenvalue weighted by Gasteiger charge is 2.13. The molecule has 6 nitrogen and oxygen atoms in total. The lowest BCUT2D eigenvalue weighted by atomic mass is 10.3. The van der Waals surface area contributed by atoms with Crippen molar-refractivity contribution in [1.82, 2.24) is 9.71 Å². The lowest BCUT2D eigenvalue weighted by Crippen LogP contribution is -2.23. The van der Waals surface area contributed by atoms with E-state index in [4.69, 9.17) is 0 Å². The number of thiazole rings is 1. The van der Waals surface area contributed by atoms with Crippen LogP contribution in [0.4, 0.5) is 5.69 Å². The maximum absolute atomic E-state index is 11.8. The lowest BCUT2D eigenvalue weighted by Gasteiger charge is -2.06. The molecule has 2 rings (SSSR count). The van der Waals surface area contributed by atoms with Gasteiger partial charge in [-0.3, -0.25) is 4.79 Å². The lowest BCUT2D eigenvalue weighted by molar-refractivity contribution is 0.102. The van der Waals surface area contributed by atoms with E-state index in [1.807, 2.05) is 0 Å². The van der Waals surface area contributed by atoms with Crippen molar-refractivity contribution < 1.29 is 13.2 Å². The van der Waals surface area contributed by atoms with Gasteiger partial charge in [0.1, 0.15) is 5.69 Å². The molecule has 2 N–H and O–H groups in total. The molecule has 0 saturated heterocycles. The van der Waals surface area contributed by atoms with E-state index in [0.29, 0.717) is 17.9 Å². The minimum Gasteiger partial charge on any atom is -0.321 e. The summed E-state index contributed by atoms with van der Waals surface area (Å²) in [5.41, 5.74) is 2.42. The van der Waals surface area contributed by atoms with Crippen LogP contribution in [0.2, 0.25) is 0 Å². The molecule has 0 radical (unpaired) electrons. The monoisotopic (exact) mass is 311 g/mol. The molecule has 0 fully saturated rings. The topological polar surface area (TPSA) is 88.2 Å². The summed E-state index contributed by atoms with van der Waals surface area (Å²) in [5, 5.41) is 4.28. The quantitative estimate of drug-likeness (QED) is 0.879. The number of anilines is 1. The van der Waals surface area contributed by atoms with Gasteiger partial charge in [-0.05, 0) is 24.3 Å². The molecule has 8 heteroatoms. The predicted octanol–water partition coefficient (Wildman–Crippen LogP) is 1.69. The molecule has 0 atom stereocenters. The summed E-state index contributed by atoms with van der Waals surface area (Å²) in [4.78, 5) is 15.8. The highest BCUT2D eigenvalue weighted by molar-refractivity contribution is 7.89. The first-order valence-electron chi connectivity index (χ1n) is 5.82. The van der Waals surface area contributed by atoms with Crippen LogP contribution in [0.1, 0.15) is 17.4 Å². The highest BCUT2D eigenvalue weighted by Crippen LogP contribution is 2.15. The molecule has 0 aliphatic heterocycles. The standard InChI is InChI=1S/C12H13N3O3S2/c1-2-14-20(17,18)10-5-3-9(4-6-10)15-12(16)11-7-19-8-13-11/h3-8,14H,2H2,1H3,(H,15,16). The van der Waals surface area contributed by atoms with Crippen molar-refractivity contribution in [1.29, 1.82) is 0 Å². The van der Waals surface area contributed by atoms with Crippen LogP contribution < -0.4 is 10.0 Å². The molecule has 0 aliphatic rings. The van der Waals surface area contributed by atoms with Crippen molar-refractivity contribution in [2.24, 2.45) is 0 Å². The zero-order valence-electron chi connectivity index (χ0n) is 10.7. The Kier molecular flexibility index (Phi) is 4.48. The van der Waals surface area contributed by atoms with Gasteiger partial charge in [0, 0.05) is 17.6 Å². The maximum atomic E-state index is 11.8. The smallest absolute Gasteiger partial charge is 0.275 e. The first-order valence-corrected chi connectivity index (χ1v) is 8.25. The van der Waals surface area contributed by atoms with Crippen LogP contribution in [0.3, 0.4) is 0 Å². The van der Waals surface area contributed by atoms with E-state index in [-0.39, 0.29) is 10.8 Å². The second-order valence-electron chi connectivity index (χ2n) is 3.85. The van der Waals surface area contributed by atoms with Gasteiger partial charge in [0.2, 0.25) is 10.0 Å². The molecule has 0 unspecified atom stereocenters. The summed E-state index contributed by atoms with van der Waals surface area (Å²) in [5.74, 6) is -0.325. The number of aromatic nitrogens is 1. The average molecular weight is 311 g/mol. The number of nitrogens with one attached hydrogen (secondary N) is 2. The average Bonchev–Trinajstić information content (AvgIpc) is 2.93. The number of rotatable bonds is 5. The number of sulfonamides is 1. The Morgan fingerprint density at radius 2 is 2.00 bits per heavy atom. The van der Waals surface area contributed by atoms with Gasteiger partial charge in [0.15, 0.2) is 0 Å². The van der Waals surface area contributed by atoms with Gasteiger partial charge >= 0.3 is 0 Å². The van der Waals surface area contributed by atoms with Gasteiger partial charge in [-0.15, -0.1) is 11.3 Å². The minimum atomic E-state index is -3.47. The first-order chi connectivity index (χ1) is 9.53. The molecule has 0 saturated carbocycles. The summed E-state index contributed by atoms with van der Waals surface area (Å²) < 4.78 is 25.9. The molecule has 0 bridgehead atoms. The predicted molar refractivity (Wildman–Crippen MR) is 77.4 cm³/mol. The van der Waals surface area contributed by atoms with E-state index >= 15 is 0 Å². The SMILES string of the molecule is CCNS(=O)(=O)c1ccc(NC(=O)c2cscn2)cc1. The zero-order chi connectivity index (χ0) is 14.6. The Morgan fingerprint density at radius 1 is 1.30 bits per heavy atom. The molecule has 0 spiro atoms. The summed E-state index contributed by atoms with van der Waals surface area (Å²) >= 11 is 1.33. The van der Waals surface area contributed by atoms with E-state index in [0.717, 1.165) is 0 Å². The van der Waals surface area contributed by atoms with E-state index in [1.54, 1.807) is 17.8 Å². The molecular formula is C12H13N3O3S2.